The minimum absolute atomic E-state index is 0.246. The third kappa shape index (κ3) is 4.12. The number of hydrogen-bond acceptors (Lipinski definition) is 7. The molecule has 136 valence electrons. The van der Waals surface area contributed by atoms with Crippen LogP contribution >= 0.6 is 0 Å². The number of anilines is 2. The van der Waals surface area contributed by atoms with Crippen molar-refractivity contribution in [3.8, 4) is 11.5 Å². The van der Waals surface area contributed by atoms with Gasteiger partial charge in [0.1, 0.15) is 13.2 Å². The molecular formula is C19H17N5O3. The minimum Gasteiger partial charge on any atom is -0.486 e. The summed E-state index contributed by atoms with van der Waals surface area (Å²) < 4.78 is 11.0. The number of nitrogens with zero attached hydrogens (tertiary/aromatic N) is 3. The molecule has 0 unspecified atom stereocenters. The Labute approximate surface area is 155 Å². The SMILES string of the molecule is O=C(NCc1cccnc1)c1cnc(Nc2ccc3c(c2)OCCO3)nc1. The molecule has 3 heterocycles. The number of carbonyl (C=O) groups excluding carboxylic acids is 1. The van der Waals surface area contributed by atoms with E-state index in [1.807, 2.05) is 30.3 Å². The Morgan fingerprint density at radius 1 is 1.04 bits per heavy atom. The van der Waals surface area contributed by atoms with Crippen LogP contribution in [0.4, 0.5) is 11.6 Å². The number of carbonyl (C=O) groups is 1. The summed E-state index contributed by atoms with van der Waals surface area (Å²) >= 11 is 0. The molecule has 0 saturated heterocycles. The number of fused-ring (bicyclic) bond motifs is 1. The summed E-state index contributed by atoms with van der Waals surface area (Å²) in [6.07, 6.45) is 6.35. The van der Waals surface area contributed by atoms with E-state index in [9.17, 15) is 4.79 Å². The first-order valence-corrected chi connectivity index (χ1v) is 8.44. The Morgan fingerprint density at radius 2 is 1.85 bits per heavy atom. The van der Waals surface area contributed by atoms with Gasteiger partial charge in [-0.1, -0.05) is 6.07 Å². The number of nitrogens with one attached hydrogen (secondary N) is 2. The summed E-state index contributed by atoms with van der Waals surface area (Å²) in [5.41, 5.74) is 2.07. The Bertz CT molecular complexity index is 932. The van der Waals surface area contributed by atoms with Gasteiger partial charge in [0.15, 0.2) is 11.5 Å². The van der Waals surface area contributed by atoms with Crippen LogP contribution in [0, 0.1) is 0 Å². The van der Waals surface area contributed by atoms with Crippen LogP contribution in [-0.2, 0) is 6.54 Å². The standard InChI is InChI=1S/C19H17N5O3/c25-18(21-10-13-2-1-5-20-9-13)14-11-22-19(23-12-14)24-15-3-4-16-17(8-15)27-7-6-26-16/h1-5,8-9,11-12H,6-7,10H2,(H,21,25)(H,22,23,24). The van der Waals surface area contributed by atoms with E-state index >= 15 is 0 Å². The number of ether oxygens (including phenoxy) is 2. The van der Waals surface area contributed by atoms with E-state index in [0.29, 0.717) is 42.8 Å². The molecule has 2 N–H and O–H groups in total. The molecule has 4 rings (SSSR count). The van der Waals surface area contributed by atoms with Gasteiger partial charge in [-0.3, -0.25) is 9.78 Å². The molecule has 0 bridgehead atoms. The third-order valence-electron chi connectivity index (χ3n) is 3.89. The van der Waals surface area contributed by atoms with Crippen molar-refractivity contribution < 1.29 is 14.3 Å². The van der Waals surface area contributed by atoms with Gasteiger partial charge in [-0.25, -0.2) is 9.97 Å². The predicted octanol–water partition coefficient (Wildman–Crippen LogP) is 2.32. The lowest BCUT2D eigenvalue weighted by atomic mass is 10.2. The predicted molar refractivity (Wildman–Crippen MR) is 98.2 cm³/mol. The number of amides is 1. The van der Waals surface area contributed by atoms with Crippen molar-refractivity contribution in [2.24, 2.45) is 0 Å². The second-order valence-corrected chi connectivity index (χ2v) is 5.82. The van der Waals surface area contributed by atoms with Crippen LogP contribution in [0.2, 0.25) is 0 Å². The van der Waals surface area contributed by atoms with Crippen molar-refractivity contribution in [3.63, 3.8) is 0 Å². The first-order chi connectivity index (χ1) is 13.3. The molecule has 0 radical (unpaired) electrons. The molecule has 3 aromatic rings. The zero-order chi connectivity index (χ0) is 18.5. The maximum atomic E-state index is 12.2. The van der Waals surface area contributed by atoms with E-state index in [-0.39, 0.29) is 5.91 Å². The summed E-state index contributed by atoms with van der Waals surface area (Å²) in [6.45, 7) is 1.47. The molecule has 1 aromatic carbocycles. The quantitative estimate of drug-likeness (QED) is 0.718. The van der Waals surface area contributed by atoms with E-state index < -0.39 is 0 Å². The molecular weight excluding hydrogens is 346 g/mol. The average Bonchev–Trinajstić information content (AvgIpc) is 2.73. The highest BCUT2D eigenvalue weighted by atomic mass is 16.6. The number of benzene rings is 1. The second kappa shape index (κ2) is 7.69. The summed E-state index contributed by atoms with van der Waals surface area (Å²) in [5.74, 6) is 1.53. The first kappa shape index (κ1) is 16.8. The fourth-order valence-electron chi connectivity index (χ4n) is 2.55. The van der Waals surface area contributed by atoms with E-state index in [0.717, 1.165) is 11.3 Å². The number of rotatable bonds is 5. The zero-order valence-corrected chi connectivity index (χ0v) is 14.4. The lowest BCUT2D eigenvalue weighted by molar-refractivity contribution is 0.0950. The molecule has 2 aromatic heterocycles. The lowest BCUT2D eigenvalue weighted by Gasteiger charge is -2.18. The van der Waals surface area contributed by atoms with Gasteiger partial charge >= 0.3 is 0 Å². The summed E-state index contributed by atoms with van der Waals surface area (Å²) in [4.78, 5) is 24.6. The van der Waals surface area contributed by atoms with Gasteiger partial charge in [0.05, 0.1) is 5.56 Å². The summed E-state index contributed by atoms with van der Waals surface area (Å²) in [7, 11) is 0. The zero-order valence-electron chi connectivity index (χ0n) is 14.4. The summed E-state index contributed by atoms with van der Waals surface area (Å²) in [5, 5.41) is 5.89. The van der Waals surface area contributed by atoms with Crippen LogP contribution in [-0.4, -0.2) is 34.1 Å². The fraction of sp³-hybridized carbons (Fsp3) is 0.158. The molecule has 27 heavy (non-hydrogen) atoms. The largest absolute Gasteiger partial charge is 0.486 e. The van der Waals surface area contributed by atoms with Crippen LogP contribution in [0.15, 0.2) is 55.1 Å². The van der Waals surface area contributed by atoms with Crippen molar-refractivity contribution in [1.82, 2.24) is 20.3 Å². The highest BCUT2D eigenvalue weighted by Crippen LogP contribution is 2.33. The lowest BCUT2D eigenvalue weighted by Crippen LogP contribution is -2.23. The molecule has 8 heteroatoms. The van der Waals surface area contributed by atoms with Gasteiger partial charge in [-0.15, -0.1) is 0 Å². The van der Waals surface area contributed by atoms with Crippen LogP contribution in [0.1, 0.15) is 15.9 Å². The normalized spacial score (nSPS) is 12.3. The van der Waals surface area contributed by atoms with Gasteiger partial charge < -0.3 is 20.1 Å². The molecule has 0 atom stereocenters. The van der Waals surface area contributed by atoms with Gasteiger partial charge in [-0.05, 0) is 23.8 Å². The highest BCUT2D eigenvalue weighted by molar-refractivity contribution is 5.93. The fourth-order valence-corrected chi connectivity index (χ4v) is 2.55. The van der Waals surface area contributed by atoms with Crippen molar-refractivity contribution in [2.75, 3.05) is 18.5 Å². The average molecular weight is 363 g/mol. The Balaban J connectivity index is 1.38. The van der Waals surface area contributed by atoms with Gasteiger partial charge in [0.25, 0.3) is 5.91 Å². The maximum Gasteiger partial charge on any atom is 0.254 e. The first-order valence-electron chi connectivity index (χ1n) is 8.44. The molecule has 1 aliphatic rings. The Hall–Kier alpha value is -3.68. The molecule has 0 spiro atoms. The highest BCUT2D eigenvalue weighted by Gasteiger charge is 2.12. The van der Waals surface area contributed by atoms with Crippen molar-refractivity contribution in [2.45, 2.75) is 6.54 Å². The van der Waals surface area contributed by atoms with Crippen LogP contribution < -0.4 is 20.1 Å². The van der Waals surface area contributed by atoms with E-state index in [2.05, 4.69) is 25.6 Å². The molecule has 1 aliphatic heterocycles. The summed E-state index contributed by atoms with van der Waals surface area (Å²) in [6, 6.07) is 9.22. The maximum absolute atomic E-state index is 12.2. The number of aromatic nitrogens is 3. The molecule has 0 fully saturated rings. The Kier molecular flexibility index (Phi) is 4.78. The Morgan fingerprint density at radius 3 is 2.63 bits per heavy atom. The van der Waals surface area contributed by atoms with E-state index in [1.54, 1.807) is 12.4 Å². The van der Waals surface area contributed by atoms with Crippen LogP contribution in [0.3, 0.4) is 0 Å². The van der Waals surface area contributed by atoms with Crippen LogP contribution in [0.25, 0.3) is 0 Å². The van der Waals surface area contributed by atoms with Crippen molar-refractivity contribution in [1.29, 1.82) is 0 Å². The number of pyridine rings is 1. The molecule has 1 amide bonds. The molecule has 8 nitrogen and oxygen atoms in total. The topological polar surface area (TPSA) is 98.3 Å². The van der Waals surface area contributed by atoms with Crippen molar-refractivity contribution >= 4 is 17.5 Å². The second-order valence-electron chi connectivity index (χ2n) is 5.82. The van der Waals surface area contributed by atoms with E-state index in [1.165, 1.54) is 12.4 Å². The monoisotopic (exact) mass is 363 g/mol. The molecule has 0 saturated carbocycles. The smallest absolute Gasteiger partial charge is 0.254 e. The number of hydrogen-bond donors (Lipinski definition) is 2. The van der Waals surface area contributed by atoms with Gasteiger partial charge in [-0.2, -0.15) is 0 Å². The van der Waals surface area contributed by atoms with Crippen molar-refractivity contribution in [3.05, 3.63) is 66.2 Å². The minimum atomic E-state index is -0.246. The molecule has 0 aliphatic carbocycles. The van der Waals surface area contributed by atoms with Crippen LogP contribution in [0.5, 0.6) is 11.5 Å². The van der Waals surface area contributed by atoms with E-state index in [4.69, 9.17) is 9.47 Å². The van der Waals surface area contributed by atoms with Gasteiger partial charge in [0.2, 0.25) is 5.95 Å². The third-order valence-corrected chi connectivity index (χ3v) is 3.89. The van der Waals surface area contributed by atoms with Gasteiger partial charge in [0, 0.05) is 43.1 Å².